The number of hydrogen-bond acceptors (Lipinski definition) is 3. The van der Waals surface area contributed by atoms with Crippen molar-refractivity contribution in [3.8, 4) is 0 Å². The number of hydrogen-bond donors (Lipinski definition) is 1. The van der Waals surface area contributed by atoms with Gasteiger partial charge in [-0.2, -0.15) is 0 Å². The van der Waals surface area contributed by atoms with Crippen LogP contribution in [0.5, 0.6) is 0 Å². The van der Waals surface area contributed by atoms with Gasteiger partial charge in [0.2, 0.25) is 5.91 Å². The molecule has 1 N–H and O–H groups in total. The van der Waals surface area contributed by atoms with Crippen molar-refractivity contribution in [3.63, 3.8) is 0 Å². The van der Waals surface area contributed by atoms with Crippen LogP contribution in [0, 0.1) is 0 Å². The highest BCUT2D eigenvalue weighted by molar-refractivity contribution is 5.73. The normalized spacial score (nSPS) is 19.7. The Labute approximate surface area is 124 Å². The molecular formula is C16H20N4O. The molecule has 1 aromatic heterocycles. The molecule has 1 fully saturated rings. The van der Waals surface area contributed by atoms with Gasteiger partial charge in [0.05, 0.1) is 12.4 Å². The van der Waals surface area contributed by atoms with Crippen LogP contribution in [-0.2, 0) is 11.3 Å². The minimum Gasteiger partial charge on any atom is -0.347 e. The molecule has 2 aromatic rings. The second-order valence-electron chi connectivity index (χ2n) is 5.44. The zero-order chi connectivity index (χ0) is 14.7. The third-order valence-corrected chi connectivity index (χ3v) is 4.05. The van der Waals surface area contributed by atoms with E-state index in [-0.39, 0.29) is 11.9 Å². The molecule has 0 spiro atoms. The summed E-state index contributed by atoms with van der Waals surface area (Å²) >= 11 is 0. The fraction of sp³-hybridized carbons (Fsp3) is 0.375. The molecule has 1 atom stereocenters. The molecule has 0 aliphatic carbocycles. The molecule has 1 aliphatic rings. The number of aromatic amines is 1. The van der Waals surface area contributed by atoms with Crippen LogP contribution >= 0.6 is 0 Å². The lowest BCUT2D eigenvalue weighted by molar-refractivity contribution is -0.132. The van der Waals surface area contributed by atoms with Gasteiger partial charge >= 0.3 is 0 Å². The average molecular weight is 284 g/mol. The standard InChI is InChI=1S/C16H20N4O/c1-13(21)19-7-8-20(10-15-9-17-12-18-15)16(11-19)14-5-3-2-4-6-14/h2-6,9,12,16H,7-8,10-11H2,1H3,(H,17,18). The summed E-state index contributed by atoms with van der Waals surface area (Å²) in [6, 6.07) is 10.6. The van der Waals surface area contributed by atoms with Gasteiger partial charge in [-0.1, -0.05) is 30.3 Å². The van der Waals surface area contributed by atoms with E-state index < -0.39 is 0 Å². The average Bonchev–Trinajstić information content (AvgIpc) is 3.01. The summed E-state index contributed by atoms with van der Waals surface area (Å²) in [7, 11) is 0. The lowest BCUT2D eigenvalue weighted by atomic mass is 10.0. The van der Waals surface area contributed by atoms with Crippen molar-refractivity contribution in [2.24, 2.45) is 0 Å². The Balaban J connectivity index is 1.82. The molecule has 0 radical (unpaired) electrons. The summed E-state index contributed by atoms with van der Waals surface area (Å²) in [5, 5.41) is 0. The molecule has 0 saturated carbocycles. The van der Waals surface area contributed by atoms with E-state index in [0.29, 0.717) is 0 Å². The Morgan fingerprint density at radius 1 is 1.33 bits per heavy atom. The monoisotopic (exact) mass is 284 g/mol. The Bertz CT molecular complexity index is 582. The number of aromatic nitrogens is 2. The van der Waals surface area contributed by atoms with Gasteiger partial charge in [0.1, 0.15) is 0 Å². The molecule has 110 valence electrons. The Morgan fingerprint density at radius 2 is 2.14 bits per heavy atom. The zero-order valence-corrected chi connectivity index (χ0v) is 12.2. The SMILES string of the molecule is CC(=O)N1CCN(Cc2cnc[nH]2)C(c2ccccc2)C1. The van der Waals surface area contributed by atoms with Crippen molar-refractivity contribution in [3.05, 3.63) is 54.1 Å². The van der Waals surface area contributed by atoms with Crippen LogP contribution < -0.4 is 0 Å². The predicted molar refractivity (Wildman–Crippen MR) is 80.4 cm³/mol. The van der Waals surface area contributed by atoms with Crippen molar-refractivity contribution < 1.29 is 4.79 Å². The maximum absolute atomic E-state index is 11.7. The summed E-state index contributed by atoms with van der Waals surface area (Å²) in [6.45, 7) is 4.87. The maximum atomic E-state index is 11.7. The summed E-state index contributed by atoms with van der Waals surface area (Å²) in [4.78, 5) is 23.3. The van der Waals surface area contributed by atoms with Gasteiger partial charge in [-0.05, 0) is 5.56 Å². The van der Waals surface area contributed by atoms with Crippen LogP contribution in [-0.4, -0.2) is 45.3 Å². The van der Waals surface area contributed by atoms with E-state index >= 15 is 0 Å². The first-order valence-corrected chi connectivity index (χ1v) is 7.26. The zero-order valence-electron chi connectivity index (χ0n) is 12.2. The van der Waals surface area contributed by atoms with Gasteiger partial charge in [-0.25, -0.2) is 4.98 Å². The Morgan fingerprint density at radius 3 is 2.81 bits per heavy atom. The largest absolute Gasteiger partial charge is 0.347 e. The number of nitrogens with one attached hydrogen (secondary N) is 1. The van der Waals surface area contributed by atoms with Crippen molar-refractivity contribution in [2.45, 2.75) is 19.5 Å². The number of imidazole rings is 1. The first-order chi connectivity index (χ1) is 10.2. The summed E-state index contributed by atoms with van der Waals surface area (Å²) in [6.07, 6.45) is 3.57. The van der Waals surface area contributed by atoms with Crippen molar-refractivity contribution in [1.82, 2.24) is 19.8 Å². The van der Waals surface area contributed by atoms with E-state index in [2.05, 4.69) is 39.1 Å². The number of carbonyl (C=O) groups is 1. The molecule has 0 bridgehead atoms. The van der Waals surface area contributed by atoms with Crippen molar-refractivity contribution >= 4 is 5.91 Å². The molecule has 1 saturated heterocycles. The van der Waals surface area contributed by atoms with Gasteiger partial charge in [0.25, 0.3) is 0 Å². The fourth-order valence-corrected chi connectivity index (χ4v) is 2.88. The first kappa shape index (κ1) is 13.8. The van der Waals surface area contributed by atoms with Crippen LogP contribution in [0.3, 0.4) is 0 Å². The number of amides is 1. The third kappa shape index (κ3) is 3.13. The third-order valence-electron chi connectivity index (χ3n) is 4.05. The molecule has 5 heteroatoms. The summed E-state index contributed by atoms with van der Waals surface area (Å²) in [5.74, 6) is 0.150. The van der Waals surface area contributed by atoms with Gasteiger partial charge in [0, 0.05) is 45.0 Å². The number of benzene rings is 1. The highest BCUT2D eigenvalue weighted by atomic mass is 16.2. The molecular weight excluding hydrogens is 264 g/mol. The van der Waals surface area contributed by atoms with E-state index in [0.717, 1.165) is 31.9 Å². The van der Waals surface area contributed by atoms with Crippen LogP contribution in [0.25, 0.3) is 0 Å². The lowest BCUT2D eigenvalue weighted by Gasteiger charge is -2.41. The fourth-order valence-electron chi connectivity index (χ4n) is 2.88. The molecule has 2 heterocycles. The molecule has 1 unspecified atom stereocenters. The highest BCUT2D eigenvalue weighted by Crippen LogP contribution is 2.26. The van der Waals surface area contributed by atoms with Gasteiger partial charge in [0.15, 0.2) is 0 Å². The van der Waals surface area contributed by atoms with E-state index in [1.165, 1.54) is 5.56 Å². The molecule has 5 nitrogen and oxygen atoms in total. The second kappa shape index (κ2) is 6.10. The molecule has 1 aromatic carbocycles. The predicted octanol–water partition coefficient (Wildman–Crippen LogP) is 1.82. The topological polar surface area (TPSA) is 52.2 Å². The number of carbonyl (C=O) groups excluding carboxylic acids is 1. The highest BCUT2D eigenvalue weighted by Gasteiger charge is 2.29. The van der Waals surface area contributed by atoms with E-state index in [1.807, 2.05) is 17.2 Å². The van der Waals surface area contributed by atoms with Crippen molar-refractivity contribution in [2.75, 3.05) is 19.6 Å². The van der Waals surface area contributed by atoms with Gasteiger partial charge in [-0.3, -0.25) is 9.69 Å². The van der Waals surface area contributed by atoms with Gasteiger partial charge in [-0.15, -0.1) is 0 Å². The Hall–Kier alpha value is -2.14. The molecule has 21 heavy (non-hydrogen) atoms. The van der Waals surface area contributed by atoms with Crippen LogP contribution in [0.1, 0.15) is 24.2 Å². The molecule has 1 aliphatic heterocycles. The van der Waals surface area contributed by atoms with Crippen molar-refractivity contribution in [1.29, 1.82) is 0 Å². The molecule has 3 rings (SSSR count). The lowest BCUT2D eigenvalue weighted by Crippen LogP contribution is -2.49. The minimum atomic E-state index is 0.150. The van der Waals surface area contributed by atoms with E-state index in [4.69, 9.17) is 0 Å². The van der Waals surface area contributed by atoms with Gasteiger partial charge < -0.3 is 9.88 Å². The van der Waals surface area contributed by atoms with Crippen LogP contribution in [0.4, 0.5) is 0 Å². The van der Waals surface area contributed by atoms with E-state index in [1.54, 1.807) is 13.3 Å². The number of nitrogens with zero attached hydrogens (tertiary/aromatic N) is 3. The quantitative estimate of drug-likeness (QED) is 0.935. The number of rotatable bonds is 3. The van der Waals surface area contributed by atoms with E-state index in [9.17, 15) is 4.79 Å². The minimum absolute atomic E-state index is 0.150. The summed E-state index contributed by atoms with van der Waals surface area (Å²) < 4.78 is 0. The molecule has 1 amide bonds. The first-order valence-electron chi connectivity index (χ1n) is 7.26. The second-order valence-corrected chi connectivity index (χ2v) is 5.44. The smallest absolute Gasteiger partial charge is 0.219 e. The van der Waals surface area contributed by atoms with Crippen LogP contribution in [0.2, 0.25) is 0 Å². The maximum Gasteiger partial charge on any atom is 0.219 e. The number of H-pyrrole nitrogens is 1. The number of piperazine rings is 1. The summed E-state index contributed by atoms with van der Waals surface area (Å²) in [5.41, 5.74) is 2.36. The van der Waals surface area contributed by atoms with Crippen LogP contribution in [0.15, 0.2) is 42.9 Å². The Kier molecular flexibility index (Phi) is 4.01.